The van der Waals surface area contributed by atoms with Crippen LogP contribution in [-0.4, -0.2) is 77.8 Å². The number of aliphatic hydroxyl groups is 1. The first kappa shape index (κ1) is 40.3. The molecule has 53 heavy (non-hydrogen) atoms. The fourth-order valence-corrected chi connectivity index (χ4v) is 6.02. The van der Waals surface area contributed by atoms with Gasteiger partial charge < -0.3 is 36.2 Å². The highest BCUT2D eigenvalue weighted by Gasteiger charge is 2.29. The minimum Gasteiger partial charge on any atom is -0.508 e. The molecule has 0 unspecified atom stereocenters. The normalized spacial score (nSPS) is 13.3. The van der Waals surface area contributed by atoms with Gasteiger partial charge in [0.15, 0.2) is 0 Å². The van der Waals surface area contributed by atoms with Gasteiger partial charge in [-0.15, -0.1) is 0 Å². The molecule has 4 aromatic carbocycles. The van der Waals surface area contributed by atoms with Crippen LogP contribution in [-0.2, 0) is 20.8 Å². The van der Waals surface area contributed by atoms with Gasteiger partial charge in [0.1, 0.15) is 30.3 Å². The lowest BCUT2D eigenvalue weighted by atomic mass is 9.88. The van der Waals surface area contributed by atoms with Crippen molar-refractivity contribution in [3.63, 3.8) is 0 Å². The molecule has 3 atom stereocenters. The highest BCUT2D eigenvalue weighted by molar-refractivity contribution is 5.98. The highest BCUT2D eigenvalue weighted by Crippen LogP contribution is 2.35. The Morgan fingerprint density at radius 1 is 0.811 bits per heavy atom. The molecule has 0 radical (unpaired) electrons. The number of nitrogens with one attached hydrogen (secondary N) is 2. The standard InChI is InChI=1S/C43H52N4O6/c1-5-36(31-14-10-7-11-15-31)40(32-16-20-34(48)21-17-32)33-18-22-35(23-19-33)53-25-24-47(4)39(49)28-45-42(51)38(26-29(2)3)46-43(52)41(50)37(44)27-30-12-8-6-9-13-30/h6-23,29,37-38,41,48,50H,5,24-28,44H2,1-4H3,(H,45,51)(H,46,52)/b40-36-/t37-,38+,41+/m1/s1. The molecule has 4 rings (SSSR count). The number of allylic oxidation sites excluding steroid dienone is 1. The molecule has 10 heteroatoms. The molecule has 0 heterocycles. The van der Waals surface area contributed by atoms with E-state index in [1.54, 1.807) is 19.2 Å². The largest absolute Gasteiger partial charge is 0.508 e. The monoisotopic (exact) mass is 720 g/mol. The summed E-state index contributed by atoms with van der Waals surface area (Å²) in [5, 5.41) is 25.8. The predicted molar refractivity (Wildman–Crippen MR) is 209 cm³/mol. The molecule has 10 nitrogen and oxygen atoms in total. The molecular formula is C43H52N4O6. The minimum absolute atomic E-state index is 0.0544. The Balaban J connectivity index is 1.30. The summed E-state index contributed by atoms with van der Waals surface area (Å²) in [6, 6.07) is 32.7. The third kappa shape index (κ3) is 12.1. The predicted octanol–water partition coefficient (Wildman–Crippen LogP) is 5.18. The summed E-state index contributed by atoms with van der Waals surface area (Å²) in [4.78, 5) is 40.3. The summed E-state index contributed by atoms with van der Waals surface area (Å²) in [5.74, 6) is -0.682. The van der Waals surface area contributed by atoms with E-state index in [1.165, 1.54) is 10.5 Å². The van der Waals surface area contributed by atoms with Crippen molar-refractivity contribution in [2.75, 3.05) is 26.7 Å². The van der Waals surface area contributed by atoms with E-state index in [0.29, 0.717) is 18.6 Å². The van der Waals surface area contributed by atoms with Crippen LogP contribution in [0.5, 0.6) is 11.5 Å². The number of carbonyl (C=O) groups is 3. The van der Waals surface area contributed by atoms with Crippen molar-refractivity contribution >= 4 is 28.9 Å². The van der Waals surface area contributed by atoms with Gasteiger partial charge >= 0.3 is 0 Å². The van der Waals surface area contributed by atoms with Crippen LogP contribution >= 0.6 is 0 Å². The number of ether oxygens (including phenoxy) is 1. The zero-order valence-electron chi connectivity index (χ0n) is 31.0. The first-order valence-electron chi connectivity index (χ1n) is 18.1. The zero-order chi connectivity index (χ0) is 38.3. The summed E-state index contributed by atoms with van der Waals surface area (Å²) < 4.78 is 5.97. The molecule has 0 spiro atoms. The fraction of sp³-hybridized carbons (Fsp3) is 0.326. The molecule has 0 aliphatic heterocycles. The van der Waals surface area contributed by atoms with E-state index in [-0.39, 0.29) is 37.3 Å². The first-order valence-corrected chi connectivity index (χ1v) is 18.1. The molecule has 0 saturated heterocycles. The molecule has 0 aliphatic rings. The lowest BCUT2D eigenvalue weighted by Gasteiger charge is -2.24. The van der Waals surface area contributed by atoms with Crippen molar-refractivity contribution in [2.24, 2.45) is 11.7 Å². The second-order valence-corrected chi connectivity index (χ2v) is 13.5. The quantitative estimate of drug-likeness (QED) is 0.0889. The maximum absolute atomic E-state index is 13.1. The Bertz CT molecular complexity index is 1790. The summed E-state index contributed by atoms with van der Waals surface area (Å²) in [7, 11) is 1.63. The number of aliphatic hydroxyl groups excluding tert-OH is 1. The van der Waals surface area contributed by atoms with Crippen LogP contribution in [0.4, 0.5) is 0 Å². The Morgan fingerprint density at radius 2 is 1.40 bits per heavy atom. The molecule has 280 valence electrons. The van der Waals surface area contributed by atoms with Crippen LogP contribution in [0.25, 0.3) is 11.1 Å². The van der Waals surface area contributed by atoms with Gasteiger partial charge in [-0.05, 0) is 82.8 Å². The second-order valence-electron chi connectivity index (χ2n) is 13.5. The average molecular weight is 721 g/mol. The van der Waals surface area contributed by atoms with Gasteiger partial charge in [0.25, 0.3) is 5.91 Å². The Kier molecular flexibility index (Phi) is 15.2. The third-order valence-electron chi connectivity index (χ3n) is 8.94. The molecule has 0 aromatic heterocycles. The molecule has 0 bridgehead atoms. The van der Waals surface area contributed by atoms with Gasteiger partial charge in [-0.25, -0.2) is 0 Å². The number of rotatable bonds is 18. The molecular weight excluding hydrogens is 668 g/mol. The molecule has 3 amide bonds. The van der Waals surface area contributed by atoms with Crippen molar-refractivity contribution in [3.05, 3.63) is 131 Å². The van der Waals surface area contributed by atoms with E-state index in [0.717, 1.165) is 34.2 Å². The van der Waals surface area contributed by atoms with Crippen LogP contribution in [0.2, 0.25) is 0 Å². The number of phenols is 1. The van der Waals surface area contributed by atoms with E-state index >= 15 is 0 Å². The maximum atomic E-state index is 13.1. The van der Waals surface area contributed by atoms with Crippen molar-refractivity contribution in [2.45, 2.75) is 58.2 Å². The van der Waals surface area contributed by atoms with Crippen molar-refractivity contribution in [3.8, 4) is 11.5 Å². The summed E-state index contributed by atoms with van der Waals surface area (Å²) in [6.45, 7) is 6.19. The van der Waals surface area contributed by atoms with Gasteiger partial charge in [0.2, 0.25) is 11.8 Å². The third-order valence-corrected chi connectivity index (χ3v) is 8.94. The smallest absolute Gasteiger partial charge is 0.251 e. The van der Waals surface area contributed by atoms with Gasteiger partial charge in [0.05, 0.1) is 13.1 Å². The zero-order valence-corrected chi connectivity index (χ0v) is 31.0. The van der Waals surface area contributed by atoms with Crippen molar-refractivity contribution in [1.29, 1.82) is 0 Å². The van der Waals surface area contributed by atoms with Crippen molar-refractivity contribution in [1.82, 2.24) is 15.5 Å². The van der Waals surface area contributed by atoms with Crippen LogP contribution in [0.3, 0.4) is 0 Å². The first-order chi connectivity index (χ1) is 25.5. The van der Waals surface area contributed by atoms with E-state index < -0.39 is 30.0 Å². The van der Waals surface area contributed by atoms with Crippen LogP contribution in [0.1, 0.15) is 55.9 Å². The molecule has 0 aliphatic carbocycles. The van der Waals surface area contributed by atoms with E-state index in [1.807, 2.05) is 98.8 Å². The molecule has 4 aromatic rings. The summed E-state index contributed by atoms with van der Waals surface area (Å²) in [6.07, 6.45) is -0.102. The highest BCUT2D eigenvalue weighted by atomic mass is 16.5. The maximum Gasteiger partial charge on any atom is 0.251 e. The Morgan fingerprint density at radius 3 is 1.98 bits per heavy atom. The van der Waals surface area contributed by atoms with Gasteiger partial charge in [0, 0.05) is 13.1 Å². The number of nitrogens with two attached hydrogens (primary N) is 1. The lowest BCUT2D eigenvalue weighted by molar-refractivity contribution is -0.136. The van der Waals surface area contributed by atoms with Gasteiger partial charge in [-0.2, -0.15) is 0 Å². The fourth-order valence-electron chi connectivity index (χ4n) is 6.02. The average Bonchev–Trinajstić information content (AvgIpc) is 3.16. The van der Waals surface area contributed by atoms with Crippen molar-refractivity contribution < 1.29 is 29.3 Å². The van der Waals surface area contributed by atoms with Crippen LogP contribution < -0.4 is 21.1 Å². The van der Waals surface area contributed by atoms with Gasteiger partial charge in [-0.1, -0.05) is 106 Å². The number of likely N-dealkylation sites (N-methyl/N-ethyl adjacent to an activating group) is 1. The number of amides is 3. The SMILES string of the molecule is CC/C(=C(\c1ccc(O)cc1)c1ccc(OCCN(C)C(=O)CNC(=O)[C@H](CC(C)C)NC(=O)[C@@H](O)[C@H](N)Cc2ccccc2)cc1)c1ccccc1. The minimum atomic E-state index is -1.51. The molecule has 6 N–H and O–H groups in total. The Labute approximate surface area is 312 Å². The van der Waals surface area contributed by atoms with Crippen LogP contribution in [0, 0.1) is 5.92 Å². The lowest BCUT2D eigenvalue weighted by Crippen LogP contribution is -2.55. The Hall–Kier alpha value is -5.45. The molecule has 0 saturated carbocycles. The molecule has 0 fully saturated rings. The number of nitrogens with zero attached hydrogens (tertiary/aromatic N) is 1. The number of aromatic hydroxyl groups is 1. The van der Waals surface area contributed by atoms with E-state index in [9.17, 15) is 24.6 Å². The number of phenolic OH excluding ortho intramolecular Hbond substituents is 1. The number of carbonyl (C=O) groups excluding carboxylic acids is 3. The number of benzene rings is 4. The second kappa shape index (κ2) is 20.0. The summed E-state index contributed by atoms with van der Waals surface area (Å²) >= 11 is 0. The van der Waals surface area contributed by atoms with E-state index in [2.05, 4.69) is 29.7 Å². The number of hydrogen-bond acceptors (Lipinski definition) is 7. The summed E-state index contributed by atoms with van der Waals surface area (Å²) in [5.41, 5.74) is 12.4. The van der Waals surface area contributed by atoms with E-state index in [4.69, 9.17) is 10.5 Å². The topological polar surface area (TPSA) is 154 Å². The van der Waals surface area contributed by atoms with Crippen LogP contribution in [0.15, 0.2) is 109 Å². The van der Waals surface area contributed by atoms with Gasteiger partial charge in [-0.3, -0.25) is 14.4 Å². The number of hydrogen-bond donors (Lipinski definition) is 5.